The van der Waals surface area contributed by atoms with E-state index in [4.69, 9.17) is 9.47 Å². The predicted molar refractivity (Wildman–Crippen MR) is 127 cm³/mol. The zero-order valence-electron chi connectivity index (χ0n) is 19.6. The number of carbonyl (C=O) groups excluding carboxylic acids is 1. The molecule has 1 aliphatic rings. The molecule has 2 aromatic carbocycles. The molecule has 0 fully saturated rings. The van der Waals surface area contributed by atoms with Crippen LogP contribution in [0.15, 0.2) is 42.7 Å². The molecule has 0 bridgehead atoms. The summed E-state index contributed by atoms with van der Waals surface area (Å²) < 4.78 is 12.4. The fourth-order valence-corrected chi connectivity index (χ4v) is 3.56. The first kappa shape index (κ1) is 23.0. The first-order valence-electron chi connectivity index (χ1n) is 11.3. The lowest BCUT2D eigenvalue weighted by Gasteiger charge is -2.21. The first-order valence-corrected chi connectivity index (χ1v) is 11.3. The van der Waals surface area contributed by atoms with Gasteiger partial charge in [-0.3, -0.25) is 4.79 Å². The average molecular weight is 425 g/mol. The third-order valence-electron chi connectivity index (χ3n) is 5.44. The number of ketones is 1. The van der Waals surface area contributed by atoms with Crippen molar-refractivity contribution in [1.82, 2.24) is 9.80 Å². The lowest BCUT2D eigenvalue weighted by Crippen LogP contribution is -2.28. The van der Waals surface area contributed by atoms with Crippen LogP contribution in [0.1, 0.15) is 50.9 Å². The molecule has 0 atom stereocenters. The lowest BCUT2D eigenvalue weighted by atomic mass is 10.0. The summed E-state index contributed by atoms with van der Waals surface area (Å²) in [7, 11) is 2.00. The maximum atomic E-state index is 13.4. The van der Waals surface area contributed by atoms with E-state index in [-0.39, 0.29) is 5.78 Å². The van der Waals surface area contributed by atoms with Crippen LogP contribution in [0, 0.1) is 11.8 Å². The largest absolute Gasteiger partial charge is 0.493 e. The van der Waals surface area contributed by atoms with E-state index in [2.05, 4.69) is 27.7 Å². The van der Waals surface area contributed by atoms with Gasteiger partial charge in [0.1, 0.15) is 11.5 Å². The number of fused-ring (bicyclic) bond motifs is 1. The Morgan fingerprint density at radius 3 is 2.23 bits per heavy atom. The Balaban J connectivity index is 1.96. The molecule has 1 heterocycles. The number of benzene rings is 2. The minimum atomic E-state index is 0.0407. The fraction of sp³-hybridized carbons (Fsp3) is 0.500. The van der Waals surface area contributed by atoms with E-state index in [1.54, 1.807) is 0 Å². The third-order valence-corrected chi connectivity index (χ3v) is 5.44. The van der Waals surface area contributed by atoms with Gasteiger partial charge in [-0.15, -0.1) is 0 Å². The minimum absolute atomic E-state index is 0.0407. The summed E-state index contributed by atoms with van der Waals surface area (Å²) in [5.41, 5.74) is 0.602. The van der Waals surface area contributed by atoms with Gasteiger partial charge < -0.3 is 19.3 Å². The van der Waals surface area contributed by atoms with Crippen LogP contribution in [0.4, 0.5) is 0 Å². The second kappa shape index (κ2) is 10.6. The molecule has 31 heavy (non-hydrogen) atoms. The van der Waals surface area contributed by atoms with Crippen LogP contribution >= 0.6 is 0 Å². The van der Waals surface area contributed by atoms with Crippen LogP contribution < -0.4 is 9.47 Å². The van der Waals surface area contributed by atoms with Crippen molar-refractivity contribution in [3.8, 4) is 11.5 Å². The van der Waals surface area contributed by atoms with Gasteiger partial charge in [-0.2, -0.15) is 0 Å². The van der Waals surface area contributed by atoms with Crippen LogP contribution in [0.25, 0.3) is 10.8 Å². The topological polar surface area (TPSA) is 42.0 Å². The van der Waals surface area contributed by atoms with Gasteiger partial charge in [0.2, 0.25) is 0 Å². The molecule has 0 aliphatic carbocycles. The van der Waals surface area contributed by atoms with E-state index in [9.17, 15) is 4.79 Å². The number of hydrogen-bond donors (Lipinski definition) is 0. The highest BCUT2D eigenvalue weighted by Gasteiger charge is 2.22. The highest BCUT2D eigenvalue weighted by atomic mass is 16.5. The standard InChI is InChI=1S/C26H36N2O3/c1-19(2)10-14-30-25-16-23(24(29)17-28-13-12-27(5)18-28)26(31-15-11-20(3)4)22-9-7-6-8-21(22)25/h6-9,12-13,16,19-20H,10-11,14-15,17-18H2,1-5H3. The number of ether oxygens (including phenoxy) is 2. The van der Waals surface area contributed by atoms with E-state index < -0.39 is 0 Å². The number of rotatable bonds is 11. The number of hydrogen-bond acceptors (Lipinski definition) is 5. The molecule has 0 radical (unpaired) electrons. The Morgan fingerprint density at radius 2 is 1.61 bits per heavy atom. The number of nitrogens with zero attached hydrogens (tertiary/aromatic N) is 2. The summed E-state index contributed by atoms with van der Waals surface area (Å²) in [6.45, 7) is 11.0. The molecule has 5 heteroatoms. The van der Waals surface area contributed by atoms with Crippen molar-refractivity contribution in [2.75, 3.05) is 33.5 Å². The molecule has 0 saturated heterocycles. The summed E-state index contributed by atoms with van der Waals surface area (Å²) in [4.78, 5) is 17.4. The minimum Gasteiger partial charge on any atom is -0.493 e. The predicted octanol–water partition coefficient (Wildman–Crippen LogP) is 5.55. The highest BCUT2D eigenvalue weighted by molar-refractivity contribution is 6.07. The quantitative estimate of drug-likeness (QED) is 0.443. The molecule has 0 unspecified atom stereocenters. The van der Waals surface area contributed by atoms with E-state index in [1.807, 2.05) is 59.6 Å². The normalized spacial score (nSPS) is 13.6. The Kier molecular flexibility index (Phi) is 7.83. The molecule has 0 spiro atoms. The van der Waals surface area contributed by atoms with E-state index in [0.29, 0.717) is 49.6 Å². The van der Waals surface area contributed by atoms with Gasteiger partial charge in [-0.05, 0) is 30.7 Å². The van der Waals surface area contributed by atoms with Gasteiger partial charge >= 0.3 is 0 Å². The molecule has 5 nitrogen and oxygen atoms in total. The van der Waals surface area contributed by atoms with Gasteiger partial charge in [-0.1, -0.05) is 52.0 Å². The lowest BCUT2D eigenvalue weighted by molar-refractivity contribution is 0.0944. The Hall–Kier alpha value is -2.69. The molecule has 0 N–H and O–H groups in total. The maximum absolute atomic E-state index is 13.4. The van der Waals surface area contributed by atoms with Gasteiger partial charge in [0.25, 0.3) is 0 Å². The molecule has 168 valence electrons. The second-order valence-corrected chi connectivity index (χ2v) is 9.23. The monoisotopic (exact) mass is 424 g/mol. The second-order valence-electron chi connectivity index (χ2n) is 9.23. The van der Waals surface area contributed by atoms with E-state index in [0.717, 1.165) is 29.4 Å². The molecule has 2 aromatic rings. The zero-order valence-corrected chi connectivity index (χ0v) is 19.6. The van der Waals surface area contributed by atoms with Gasteiger partial charge in [0.15, 0.2) is 5.78 Å². The smallest absolute Gasteiger partial charge is 0.186 e. The maximum Gasteiger partial charge on any atom is 0.186 e. The molecule has 1 aliphatic heterocycles. The summed E-state index contributed by atoms with van der Waals surface area (Å²) in [5.74, 6) is 2.57. The van der Waals surface area contributed by atoms with Crippen LogP contribution in [-0.4, -0.2) is 49.1 Å². The fourth-order valence-electron chi connectivity index (χ4n) is 3.56. The Bertz CT molecular complexity index is 920. The zero-order chi connectivity index (χ0) is 22.4. The average Bonchev–Trinajstić information content (AvgIpc) is 3.13. The summed E-state index contributed by atoms with van der Waals surface area (Å²) >= 11 is 0. The molecular formula is C26H36N2O3. The summed E-state index contributed by atoms with van der Waals surface area (Å²) in [6, 6.07) is 9.94. The van der Waals surface area contributed by atoms with Crippen LogP contribution in [0.2, 0.25) is 0 Å². The van der Waals surface area contributed by atoms with Crippen LogP contribution in [-0.2, 0) is 0 Å². The third kappa shape index (κ3) is 6.16. The SMILES string of the molecule is CC(C)CCOc1cc(C(=O)CN2C=CN(C)C2)c(OCCC(C)C)c2ccccc12. The van der Waals surface area contributed by atoms with Gasteiger partial charge in [-0.25, -0.2) is 0 Å². The van der Waals surface area contributed by atoms with Crippen molar-refractivity contribution in [1.29, 1.82) is 0 Å². The molecule has 3 rings (SSSR count). The van der Waals surface area contributed by atoms with Gasteiger partial charge in [0, 0.05) is 30.2 Å². The van der Waals surface area contributed by atoms with Crippen LogP contribution in [0.5, 0.6) is 11.5 Å². The highest BCUT2D eigenvalue weighted by Crippen LogP contribution is 2.37. The number of carbonyl (C=O) groups is 1. The molecule has 0 amide bonds. The molecule has 0 saturated carbocycles. The van der Waals surface area contributed by atoms with Crippen molar-refractivity contribution in [3.63, 3.8) is 0 Å². The number of Topliss-reactive ketones (excluding diaryl/α,β-unsaturated/α-hetero) is 1. The van der Waals surface area contributed by atoms with Gasteiger partial charge in [0.05, 0.1) is 32.0 Å². The van der Waals surface area contributed by atoms with Crippen molar-refractivity contribution in [2.24, 2.45) is 11.8 Å². The van der Waals surface area contributed by atoms with Crippen molar-refractivity contribution in [2.45, 2.75) is 40.5 Å². The molecule has 0 aromatic heterocycles. The Labute approximate surface area is 186 Å². The van der Waals surface area contributed by atoms with Crippen molar-refractivity contribution in [3.05, 3.63) is 48.3 Å². The summed E-state index contributed by atoms with van der Waals surface area (Å²) in [6.07, 6.45) is 5.84. The van der Waals surface area contributed by atoms with E-state index >= 15 is 0 Å². The van der Waals surface area contributed by atoms with E-state index in [1.165, 1.54) is 0 Å². The molecular weight excluding hydrogens is 388 g/mol. The first-order chi connectivity index (χ1) is 14.8. The summed E-state index contributed by atoms with van der Waals surface area (Å²) in [5, 5.41) is 1.92. The van der Waals surface area contributed by atoms with Crippen molar-refractivity contribution >= 4 is 16.6 Å². The van der Waals surface area contributed by atoms with Crippen LogP contribution in [0.3, 0.4) is 0 Å². The Morgan fingerprint density at radius 1 is 0.968 bits per heavy atom. The van der Waals surface area contributed by atoms with Crippen molar-refractivity contribution < 1.29 is 14.3 Å².